The highest BCUT2D eigenvalue weighted by atomic mass is 35.5. The monoisotopic (exact) mass is 416 g/mol. The molecule has 1 aromatic heterocycles. The molecule has 7 nitrogen and oxygen atoms in total. The zero-order valence-electron chi connectivity index (χ0n) is 15.3. The first-order chi connectivity index (χ1) is 13.3. The van der Waals surface area contributed by atoms with Crippen LogP contribution >= 0.6 is 11.6 Å². The standard InChI is InChI=1S/C17H20ClF3N6O/c1-22-15-10(17(19,20)21)9-24-16(26-15)25-12-8-14(28-2)13(7-11(12)18)27-5-3-23-4-6-27/h7-9,23H,3-6H2,1-2H3,(H2,22,24,25,26). The van der Waals surface area contributed by atoms with Crippen LogP contribution in [0.2, 0.25) is 5.02 Å². The molecule has 2 heterocycles. The second-order valence-electron chi connectivity index (χ2n) is 6.07. The molecule has 152 valence electrons. The Bertz CT molecular complexity index is 842. The van der Waals surface area contributed by atoms with Crippen molar-refractivity contribution in [1.82, 2.24) is 15.3 Å². The quantitative estimate of drug-likeness (QED) is 0.690. The van der Waals surface area contributed by atoms with E-state index in [1.807, 2.05) is 0 Å². The summed E-state index contributed by atoms with van der Waals surface area (Å²) in [6.45, 7) is 3.33. The van der Waals surface area contributed by atoms with E-state index < -0.39 is 11.7 Å². The number of hydrogen-bond donors (Lipinski definition) is 3. The molecule has 28 heavy (non-hydrogen) atoms. The Morgan fingerprint density at radius 2 is 1.96 bits per heavy atom. The van der Waals surface area contributed by atoms with Gasteiger partial charge < -0.3 is 25.6 Å². The maximum atomic E-state index is 13.0. The predicted molar refractivity (Wildman–Crippen MR) is 103 cm³/mol. The van der Waals surface area contributed by atoms with Crippen molar-refractivity contribution in [3.8, 4) is 5.75 Å². The van der Waals surface area contributed by atoms with Crippen molar-refractivity contribution in [2.45, 2.75) is 6.18 Å². The highest BCUT2D eigenvalue weighted by Gasteiger charge is 2.35. The molecule has 0 unspecified atom stereocenters. The van der Waals surface area contributed by atoms with Crippen molar-refractivity contribution >= 4 is 34.7 Å². The van der Waals surface area contributed by atoms with Gasteiger partial charge in [0.2, 0.25) is 5.95 Å². The third-order valence-corrected chi connectivity index (χ3v) is 4.62. The van der Waals surface area contributed by atoms with Crippen molar-refractivity contribution in [1.29, 1.82) is 0 Å². The molecular formula is C17H20ClF3N6O. The van der Waals surface area contributed by atoms with E-state index in [-0.39, 0.29) is 11.8 Å². The number of methoxy groups -OCH3 is 1. The molecule has 3 rings (SSSR count). The normalized spacial score (nSPS) is 14.7. The van der Waals surface area contributed by atoms with Gasteiger partial charge in [-0.05, 0) is 6.07 Å². The molecule has 0 atom stereocenters. The number of rotatable bonds is 5. The smallest absolute Gasteiger partial charge is 0.421 e. The highest BCUT2D eigenvalue weighted by Crippen LogP contribution is 2.38. The Kier molecular flexibility index (Phi) is 5.99. The van der Waals surface area contributed by atoms with Gasteiger partial charge in [0, 0.05) is 45.5 Å². The predicted octanol–water partition coefficient (Wildman–Crippen LogP) is 3.35. The van der Waals surface area contributed by atoms with Crippen molar-refractivity contribution in [3.63, 3.8) is 0 Å². The van der Waals surface area contributed by atoms with Crippen LogP contribution in [0.25, 0.3) is 0 Å². The lowest BCUT2D eigenvalue weighted by Crippen LogP contribution is -2.43. The fourth-order valence-corrected chi connectivity index (χ4v) is 3.12. The summed E-state index contributed by atoms with van der Waals surface area (Å²) in [5.74, 6) is 0.247. The number of piperazine rings is 1. The minimum Gasteiger partial charge on any atom is -0.495 e. The Labute approximate surface area is 165 Å². The van der Waals surface area contributed by atoms with Gasteiger partial charge in [-0.25, -0.2) is 4.98 Å². The van der Waals surface area contributed by atoms with Crippen molar-refractivity contribution < 1.29 is 17.9 Å². The number of hydrogen-bond acceptors (Lipinski definition) is 7. The number of aromatic nitrogens is 2. The van der Waals surface area contributed by atoms with Gasteiger partial charge in [-0.1, -0.05) is 11.6 Å². The van der Waals surface area contributed by atoms with Crippen LogP contribution in [0.15, 0.2) is 18.3 Å². The van der Waals surface area contributed by atoms with E-state index >= 15 is 0 Å². The molecule has 0 aliphatic carbocycles. The van der Waals surface area contributed by atoms with Gasteiger partial charge in [0.25, 0.3) is 0 Å². The van der Waals surface area contributed by atoms with Crippen LogP contribution in [0.5, 0.6) is 5.75 Å². The number of nitrogens with zero attached hydrogens (tertiary/aromatic N) is 3. The summed E-state index contributed by atoms with van der Waals surface area (Å²) >= 11 is 6.39. The molecule has 11 heteroatoms. The zero-order chi connectivity index (χ0) is 20.3. The number of ether oxygens (including phenoxy) is 1. The van der Waals surface area contributed by atoms with Gasteiger partial charge in [0.15, 0.2) is 0 Å². The van der Waals surface area contributed by atoms with Crippen LogP contribution in [-0.2, 0) is 6.18 Å². The maximum absolute atomic E-state index is 13.0. The van der Waals surface area contributed by atoms with E-state index in [2.05, 4.69) is 30.8 Å². The van der Waals surface area contributed by atoms with E-state index in [0.29, 0.717) is 16.5 Å². The van der Waals surface area contributed by atoms with Gasteiger partial charge in [0.1, 0.15) is 17.1 Å². The highest BCUT2D eigenvalue weighted by molar-refractivity contribution is 6.33. The average molecular weight is 417 g/mol. The van der Waals surface area contributed by atoms with Crippen LogP contribution in [0, 0.1) is 0 Å². The fraction of sp³-hybridized carbons (Fsp3) is 0.412. The second-order valence-corrected chi connectivity index (χ2v) is 6.48. The number of alkyl halides is 3. The van der Waals surface area contributed by atoms with E-state index in [1.165, 1.54) is 7.05 Å². The van der Waals surface area contributed by atoms with Crippen LogP contribution in [0.1, 0.15) is 5.56 Å². The van der Waals surface area contributed by atoms with E-state index in [9.17, 15) is 13.2 Å². The molecule has 1 fully saturated rings. The van der Waals surface area contributed by atoms with Gasteiger partial charge in [-0.15, -0.1) is 0 Å². The maximum Gasteiger partial charge on any atom is 0.421 e. The Morgan fingerprint density at radius 3 is 2.57 bits per heavy atom. The first-order valence-corrected chi connectivity index (χ1v) is 8.93. The Morgan fingerprint density at radius 1 is 1.25 bits per heavy atom. The molecule has 3 N–H and O–H groups in total. The second kappa shape index (κ2) is 8.27. The number of nitrogens with one attached hydrogen (secondary N) is 3. The summed E-state index contributed by atoms with van der Waals surface area (Å²) in [5.41, 5.74) is 0.335. The van der Waals surface area contributed by atoms with E-state index in [1.54, 1.807) is 19.2 Å². The van der Waals surface area contributed by atoms with E-state index in [4.69, 9.17) is 16.3 Å². The van der Waals surface area contributed by atoms with Crippen molar-refractivity contribution in [3.05, 3.63) is 28.9 Å². The molecule has 0 saturated carbocycles. The molecule has 1 aliphatic rings. The third-order valence-electron chi connectivity index (χ3n) is 4.30. The minimum absolute atomic E-state index is 0.0174. The summed E-state index contributed by atoms with van der Waals surface area (Å²) in [7, 11) is 2.91. The molecule has 0 spiro atoms. The lowest BCUT2D eigenvalue weighted by atomic mass is 10.2. The largest absolute Gasteiger partial charge is 0.495 e. The molecule has 1 aliphatic heterocycles. The van der Waals surface area contributed by atoms with Crippen molar-refractivity contribution in [2.24, 2.45) is 0 Å². The summed E-state index contributed by atoms with van der Waals surface area (Å²) < 4.78 is 44.5. The summed E-state index contributed by atoms with van der Waals surface area (Å²) in [6, 6.07) is 3.44. The lowest BCUT2D eigenvalue weighted by Gasteiger charge is -2.31. The number of halogens is 4. The van der Waals surface area contributed by atoms with Crippen LogP contribution in [0.3, 0.4) is 0 Å². The van der Waals surface area contributed by atoms with Gasteiger partial charge in [-0.3, -0.25) is 0 Å². The first kappa shape index (κ1) is 20.3. The van der Waals surface area contributed by atoms with E-state index in [0.717, 1.165) is 38.1 Å². The summed E-state index contributed by atoms with van der Waals surface area (Å²) in [5, 5.41) is 8.95. The molecule has 1 saturated heterocycles. The van der Waals surface area contributed by atoms with Gasteiger partial charge in [0.05, 0.1) is 23.5 Å². The van der Waals surface area contributed by atoms with Crippen molar-refractivity contribution in [2.75, 3.05) is 55.9 Å². The molecule has 0 amide bonds. The Hall–Kier alpha value is -2.46. The summed E-state index contributed by atoms with van der Waals surface area (Å²) in [6.07, 6.45) is -3.83. The number of anilines is 4. The van der Waals surface area contributed by atoms with Crippen LogP contribution in [-0.4, -0.2) is 50.3 Å². The Balaban J connectivity index is 1.90. The van der Waals surface area contributed by atoms with Gasteiger partial charge in [-0.2, -0.15) is 18.2 Å². The topological polar surface area (TPSA) is 74.3 Å². The minimum atomic E-state index is -4.55. The molecule has 2 aromatic rings. The van der Waals surface area contributed by atoms with Gasteiger partial charge >= 0.3 is 6.18 Å². The molecule has 0 radical (unpaired) electrons. The zero-order valence-corrected chi connectivity index (χ0v) is 16.1. The third kappa shape index (κ3) is 4.33. The van der Waals surface area contributed by atoms with Crippen LogP contribution < -0.4 is 25.6 Å². The molecule has 1 aromatic carbocycles. The summed E-state index contributed by atoms with van der Waals surface area (Å²) in [4.78, 5) is 9.80. The number of benzene rings is 1. The first-order valence-electron chi connectivity index (χ1n) is 8.55. The SMILES string of the molecule is CNc1nc(Nc2cc(OC)c(N3CCNCC3)cc2Cl)ncc1C(F)(F)F. The molecular weight excluding hydrogens is 397 g/mol. The molecule has 0 bridgehead atoms. The van der Waals surface area contributed by atoms with Crippen LogP contribution in [0.4, 0.5) is 36.3 Å². The average Bonchev–Trinajstić information content (AvgIpc) is 2.69. The lowest BCUT2D eigenvalue weighted by molar-refractivity contribution is -0.137. The fourth-order valence-electron chi connectivity index (χ4n) is 2.92.